The Balaban J connectivity index is 2.24. The summed E-state index contributed by atoms with van der Waals surface area (Å²) in [4.78, 5) is 12.6. The van der Waals surface area contributed by atoms with Crippen LogP contribution in [0.3, 0.4) is 0 Å². The van der Waals surface area contributed by atoms with E-state index in [1.54, 1.807) is 11.3 Å². The molecule has 1 aliphatic carbocycles. The van der Waals surface area contributed by atoms with Gasteiger partial charge in [0.15, 0.2) is 0 Å². The first-order valence-electron chi connectivity index (χ1n) is 5.21. The van der Waals surface area contributed by atoms with Crippen molar-refractivity contribution in [3.63, 3.8) is 0 Å². The van der Waals surface area contributed by atoms with E-state index in [1.165, 1.54) is 7.11 Å². The van der Waals surface area contributed by atoms with Gasteiger partial charge in [0, 0.05) is 4.88 Å². The highest BCUT2D eigenvalue weighted by Gasteiger charge is 2.27. The average molecular weight is 238 g/mol. The number of hydrogen-bond acceptors (Lipinski definition) is 4. The highest BCUT2D eigenvalue weighted by atomic mass is 32.1. The van der Waals surface area contributed by atoms with Gasteiger partial charge in [-0.2, -0.15) is 0 Å². The zero-order valence-corrected chi connectivity index (χ0v) is 9.87. The van der Waals surface area contributed by atoms with Crippen molar-refractivity contribution in [2.75, 3.05) is 7.11 Å². The molecule has 4 heteroatoms. The fourth-order valence-electron chi connectivity index (χ4n) is 1.97. The molecule has 0 amide bonds. The molecule has 0 aromatic carbocycles. The van der Waals surface area contributed by atoms with Crippen molar-refractivity contribution in [1.82, 2.24) is 0 Å². The van der Waals surface area contributed by atoms with Crippen molar-refractivity contribution >= 4 is 22.9 Å². The minimum absolute atomic E-state index is 0.271. The second kappa shape index (κ2) is 4.80. The number of carbonyl (C=O) groups is 1. The SMILES string of the molecule is COC(=O)[C@@H]1C=C(c2cccs2)C[C@H](O)C1. The van der Waals surface area contributed by atoms with Crippen molar-refractivity contribution in [3.8, 4) is 0 Å². The van der Waals surface area contributed by atoms with Gasteiger partial charge in [0.05, 0.1) is 19.1 Å². The molecule has 0 bridgehead atoms. The van der Waals surface area contributed by atoms with E-state index in [0.717, 1.165) is 10.5 Å². The molecule has 0 saturated carbocycles. The van der Waals surface area contributed by atoms with Crippen LogP contribution in [0.1, 0.15) is 17.7 Å². The Morgan fingerprint density at radius 2 is 2.44 bits per heavy atom. The number of thiophene rings is 1. The van der Waals surface area contributed by atoms with Crippen LogP contribution in [0.4, 0.5) is 0 Å². The Hall–Kier alpha value is -1.13. The van der Waals surface area contributed by atoms with Gasteiger partial charge in [-0.05, 0) is 29.9 Å². The van der Waals surface area contributed by atoms with E-state index in [4.69, 9.17) is 4.74 Å². The number of aliphatic hydroxyl groups excluding tert-OH is 1. The third-order valence-electron chi connectivity index (χ3n) is 2.73. The minimum Gasteiger partial charge on any atom is -0.469 e. The Morgan fingerprint density at radius 1 is 1.62 bits per heavy atom. The lowest BCUT2D eigenvalue weighted by molar-refractivity contribution is -0.144. The maximum Gasteiger partial charge on any atom is 0.312 e. The molecule has 0 unspecified atom stereocenters. The summed E-state index contributed by atoms with van der Waals surface area (Å²) in [6, 6.07) is 3.97. The van der Waals surface area contributed by atoms with Gasteiger partial charge >= 0.3 is 5.97 Å². The van der Waals surface area contributed by atoms with Crippen LogP contribution in [0.2, 0.25) is 0 Å². The van der Waals surface area contributed by atoms with Crippen molar-refractivity contribution in [2.24, 2.45) is 5.92 Å². The number of aliphatic hydroxyl groups is 1. The topological polar surface area (TPSA) is 46.5 Å². The lowest BCUT2D eigenvalue weighted by atomic mass is 9.88. The van der Waals surface area contributed by atoms with E-state index >= 15 is 0 Å². The Morgan fingerprint density at radius 3 is 3.06 bits per heavy atom. The van der Waals surface area contributed by atoms with Gasteiger partial charge < -0.3 is 9.84 Å². The summed E-state index contributed by atoms with van der Waals surface area (Å²) in [5.74, 6) is -0.585. The van der Waals surface area contributed by atoms with Crippen LogP contribution in [-0.2, 0) is 9.53 Å². The molecule has 0 radical (unpaired) electrons. The van der Waals surface area contributed by atoms with Crippen LogP contribution in [0.15, 0.2) is 23.6 Å². The summed E-state index contributed by atoms with van der Waals surface area (Å²) in [6.07, 6.45) is 2.55. The fourth-order valence-corrected chi connectivity index (χ4v) is 2.73. The summed E-state index contributed by atoms with van der Waals surface area (Å²) < 4.78 is 4.71. The number of hydrogen-bond donors (Lipinski definition) is 1. The molecule has 1 aliphatic rings. The Kier molecular flexibility index (Phi) is 3.41. The van der Waals surface area contributed by atoms with Crippen LogP contribution >= 0.6 is 11.3 Å². The minimum atomic E-state index is -0.453. The smallest absolute Gasteiger partial charge is 0.312 e. The first kappa shape index (κ1) is 11.4. The number of ether oxygens (including phenoxy) is 1. The summed E-state index contributed by atoms with van der Waals surface area (Å²) in [5.41, 5.74) is 1.05. The molecule has 0 spiro atoms. The van der Waals surface area contributed by atoms with Crippen molar-refractivity contribution in [3.05, 3.63) is 28.5 Å². The molecule has 3 nitrogen and oxygen atoms in total. The van der Waals surface area contributed by atoms with Crippen LogP contribution in [0.25, 0.3) is 5.57 Å². The van der Waals surface area contributed by atoms with Crippen LogP contribution < -0.4 is 0 Å². The highest BCUT2D eigenvalue weighted by Crippen LogP contribution is 2.32. The van der Waals surface area contributed by atoms with Crippen molar-refractivity contribution < 1.29 is 14.6 Å². The predicted octanol–water partition coefficient (Wildman–Crippen LogP) is 2.08. The maximum absolute atomic E-state index is 11.5. The van der Waals surface area contributed by atoms with Gasteiger partial charge in [0.1, 0.15) is 0 Å². The molecule has 0 aliphatic heterocycles. The van der Waals surface area contributed by atoms with Crippen LogP contribution in [0, 0.1) is 5.92 Å². The summed E-state index contributed by atoms with van der Waals surface area (Å²) in [5, 5.41) is 11.7. The quantitative estimate of drug-likeness (QED) is 0.802. The average Bonchev–Trinajstić information content (AvgIpc) is 2.80. The van der Waals surface area contributed by atoms with E-state index in [9.17, 15) is 9.90 Å². The molecule has 1 N–H and O–H groups in total. The molecule has 2 atom stereocenters. The fraction of sp³-hybridized carbons (Fsp3) is 0.417. The van der Waals surface area contributed by atoms with Crippen LogP contribution in [0.5, 0.6) is 0 Å². The van der Waals surface area contributed by atoms with E-state index in [1.807, 2.05) is 23.6 Å². The van der Waals surface area contributed by atoms with Gasteiger partial charge in [0.2, 0.25) is 0 Å². The summed E-state index contributed by atoms with van der Waals surface area (Å²) >= 11 is 1.62. The first-order valence-corrected chi connectivity index (χ1v) is 6.09. The van der Waals surface area contributed by atoms with Crippen molar-refractivity contribution in [2.45, 2.75) is 18.9 Å². The summed E-state index contributed by atoms with van der Waals surface area (Å²) in [7, 11) is 1.38. The Bertz CT molecular complexity index is 394. The number of esters is 1. The number of methoxy groups -OCH3 is 1. The zero-order chi connectivity index (χ0) is 11.5. The van der Waals surface area contributed by atoms with E-state index in [2.05, 4.69) is 0 Å². The molecule has 1 aromatic heterocycles. The standard InChI is InChI=1S/C12H14O3S/c1-15-12(14)9-5-8(6-10(13)7-9)11-3-2-4-16-11/h2-5,9-10,13H,6-7H2,1H3/t9-,10+/m1/s1. The monoisotopic (exact) mass is 238 g/mol. The second-order valence-corrected chi connectivity index (χ2v) is 4.84. The van der Waals surface area contributed by atoms with Gasteiger partial charge in [0.25, 0.3) is 0 Å². The lowest BCUT2D eigenvalue weighted by Crippen LogP contribution is -2.24. The lowest BCUT2D eigenvalue weighted by Gasteiger charge is -2.23. The number of carbonyl (C=O) groups excluding carboxylic acids is 1. The molecular weight excluding hydrogens is 224 g/mol. The third-order valence-corrected chi connectivity index (χ3v) is 3.67. The summed E-state index contributed by atoms with van der Waals surface area (Å²) in [6.45, 7) is 0. The molecule has 0 saturated heterocycles. The van der Waals surface area contributed by atoms with Gasteiger partial charge in [-0.1, -0.05) is 12.1 Å². The van der Waals surface area contributed by atoms with Crippen LogP contribution in [-0.4, -0.2) is 24.3 Å². The molecular formula is C12H14O3S. The molecule has 1 heterocycles. The Labute approximate surface area is 98.4 Å². The van der Waals surface area contributed by atoms with Gasteiger partial charge in [-0.3, -0.25) is 4.79 Å². The molecule has 1 aromatic rings. The molecule has 86 valence electrons. The zero-order valence-electron chi connectivity index (χ0n) is 9.05. The molecule has 2 rings (SSSR count). The largest absolute Gasteiger partial charge is 0.469 e. The van der Waals surface area contributed by atoms with Crippen molar-refractivity contribution in [1.29, 1.82) is 0 Å². The predicted molar refractivity (Wildman–Crippen MR) is 63.0 cm³/mol. The van der Waals surface area contributed by atoms with Gasteiger partial charge in [-0.25, -0.2) is 0 Å². The van der Waals surface area contributed by atoms with Gasteiger partial charge in [-0.15, -0.1) is 11.3 Å². The second-order valence-electron chi connectivity index (χ2n) is 3.89. The molecule has 16 heavy (non-hydrogen) atoms. The first-order chi connectivity index (χ1) is 7.70. The normalized spacial score (nSPS) is 25.0. The van der Waals surface area contributed by atoms with E-state index in [-0.39, 0.29) is 11.9 Å². The third kappa shape index (κ3) is 2.33. The molecule has 0 fully saturated rings. The highest BCUT2D eigenvalue weighted by molar-refractivity contribution is 7.11. The van der Waals surface area contributed by atoms with E-state index < -0.39 is 6.10 Å². The number of rotatable bonds is 2. The van der Waals surface area contributed by atoms with E-state index in [0.29, 0.717) is 12.8 Å². The maximum atomic E-state index is 11.5.